The molecule has 2 aromatic heterocycles. The molecule has 0 bridgehead atoms. The van der Waals surface area contributed by atoms with Gasteiger partial charge < -0.3 is 5.32 Å². The van der Waals surface area contributed by atoms with Crippen LogP contribution in [-0.4, -0.2) is 25.0 Å². The molecule has 2 aromatic rings. The Morgan fingerprint density at radius 2 is 2.19 bits per heavy atom. The minimum atomic E-state index is 0.0490. The molecule has 1 N–H and O–H groups in total. The molecule has 0 spiro atoms. The van der Waals surface area contributed by atoms with Crippen molar-refractivity contribution in [2.75, 3.05) is 5.32 Å². The molecule has 0 fully saturated rings. The molecule has 0 atom stereocenters. The monoisotopic (exact) mass is 258 g/mol. The minimum Gasteiger partial charge on any atom is -0.362 e. The maximum Gasteiger partial charge on any atom is 0.245 e. The predicted octanol–water partition coefficient (Wildman–Crippen LogP) is 1.52. The van der Waals surface area contributed by atoms with Crippen LogP contribution in [0.5, 0.6) is 0 Å². The van der Waals surface area contributed by atoms with E-state index >= 15 is 0 Å². The van der Waals surface area contributed by atoms with E-state index < -0.39 is 0 Å². The summed E-state index contributed by atoms with van der Waals surface area (Å²) < 4.78 is 1.71. The Labute approximate surface area is 102 Å². The smallest absolute Gasteiger partial charge is 0.245 e. The second kappa shape index (κ2) is 4.63. The number of aryl methyl sites for hydroxylation is 1. The molecule has 8 heteroatoms. The second-order valence-electron chi connectivity index (χ2n) is 3.05. The van der Waals surface area contributed by atoms with Gasteiger partial charge in [0, 0.05) is 13.2 Å². The van der Waals surface area contributed by atoms with Crippen molar-refractivity contribution in [2.45, 2.75) is 6.54 Å². The largest absolute Gasteiger partial charge is 0.362 e. The van der Waals surface area contributed by atoms with Crippen LogP contribution in [0.3, 0.4) is 0 Å². The van der Waals surface area contributed by atoms with Gasteiger partial charge in [-0.2, -0.15) is 10.1 Å². The van der Waals surface area contributed by atoms with Crippen molar-refractivity contribution in [3.63, 3.8) is 0 Å². The summed E-state index contributed by atoms with van der Waals surface area (Å²) in [5, 5.41) is 14.5. The molecule has 16 heavy (non-hydrogen) atoms. The first-order chi connectivity index (χ1) is 7.65. The van der Waals surface area contributed by atoms with Crippen LogP contribution in [0.4, 0.5) is 5.82 Å². The normalized spacial score (nSPS) is 10.4. The molecule has 0 amide bonds. The highest BCUT2D eigenvalue weighted by Crippen LogP contribution is 2.16. The van der Waals surface area contributed by atoms with Gasteiger partial charge in [-0.15, -0.1) is 10.2 Å². The van der Waals surface area contributed by atoms with Crippen molar-refractivity contribution in [3.8, 4) is 0 Å². The van der Waals surface area contributed by atoms with Gasteiger partial charge in [-0.3, -0.25) is 4.68 Å². The van der Waals surface area contributed by atoms with E-state index in [4.69, 9.17) is 23.2 Å². The first-order valence-electron chi connectivity index (χ1n) is 4.43. The standard InChI is InChI=1S/C8H8Cl2N6/c1-16-3-2-5(15-16)4-11-7-6(9)13-14-8(10)12-7/h2-3H,4H2,1H3,(H,11,12,14). The average molecular weight is 259 g/mol. The number of aromatic nitrogens is 5. The maximum atomic E-state index is 5.78. The maximum absolute atomic E-state index is 5.78. The van der Waals surface area contributed by atoms with E-state index in [0.29, 0.717) is 12.4 Å². The molecular weight excluding hydrogens is 251 g/mol. The molecule has 2 heterocycles. The SMILES string of the molecule is Cn1ccc(CNc2nc(Cl)nnc2Cl)n1. The van der Waals surface area contributed by atoms with Gasteiger partial charge in [-0.25, -0.2) is 0 Å². The van der Waals surface area contributed by atoms with Crippen LogP contribution < -0.4 is 5.32 Å². The van der Waals surface area contributed by atoms with Gasteiger partial charge >= 0.3 is 0 Å². The van der Waals surface area contributed by atoms with Crippen molar-refractivity contribution in [1.29, 1.82) is 0 Å². The minimum absolute atomic E-state index is 0.0490. The lowest BCUT2D eigenvalue weighted by atomic mass is 10.4. The Kier molecular flexibility index (Phi) is 3.21. The van der Waals surface area contributed by atoms with Gasteiger partial charge in [0.2, 0.25) is 5.28 Å². The van der Waals surface area contributed by atoms with E-state index in [2.05, 4.69) is 25.6 Å². The number of hydrogen-bond donors (Lipinski definition) is 1. The summed E-state index contributed by atoms with van der Waals surface area (Å²) in [6, 6.07) is 1.89. The first-order valence-corrected chi connectivity index (χ1v) is 5.19. The molecular formula is C8H8Cl2N6. The zero-order valence-corrected chi connectivity index (χ0v) is 9.87. The lowest BCUT2D eigenvalue weighted by molar-refractivity contribution is 0.746. The van der Waals surface area contributed by atoms with Crippen molar-refractivity contribution >= 4 is 29.0 Å². The van der Waals surface area contributed by atoms with Crippen LogP contribution in [0, 0.1) is 0 Å². The third-order valence-electron chi connectivity index (χ3n) is 1.83. The van der Waals surface area contributed by atoms with E-state index in [-0.39, 0.29) is 10.4 Å². The number of anilines is 1. The van der Waals surface area contributed by atoms with Crippen LogP contribution in [0.1, 0.15) is 5.69 Å². The highest BCUT2D eigenvalue weighted by atomic mass is 35.5. The zero-order valence-electron chi connectivity index (χ0n) is 8.35. The number of halogens is 2. The van der Waals surface area contributed by atoms with Crippen molar-refractivity contribution < 1.29 is 0 Å². The Balaban J connectivity index is 2.07. The third-order valence-corrected chi connectivity index (χ3v) is 2.24. The fourth-order valence-corrected chi connectivity index (χ4v) is 1.41. The molecule has 0 unspecified atom stereocenters. The van der Waals surface area contributed by atoms with Gasteiger partial charge in [0.15, 0.2) is 11.0 Å². The lowest BCUT2D eigenvalue weighted by Crippen LogP contribution is -2.05. The van der Waals surface area contributed by atoms with E-state index in [0.717, 1.165) is 5.69 Å². The van der Waals surface area contributed by atoms with Crippen molar-refractivity contribution in [2.24, 2.45) is 7.05 Å². The number of nitrogens with one attached hydrogen (secondary N) is 1. The van der Waals surface area contributed by atoms with Crippen molar-refractivity contribution in [1.82, 2.24) is 25.0 Å². The van der Waals surface area contributed by atoms with E-state index in [1.165, 1.54) is 0 Å². The summed E-state index contributed by atoms with van der Waals surface area (Å²) in [5.74, 6) is 0.396. The van der Waals surface area contributed by atoms with Gasteiger partial charge in [0.1, 0.15) is 0 Å². The Hall–Kier alpha value is -1.40. The highest BCUT2D eigenvalue weighted by Gasteiger charge is 2.06. The third kappa shape index (κ3) is 2.59. The topological polar surface area (TPSA) is 68.5 Å². The van der Waals surface area contributed by atoms with Crippen LogP contribution in [0.15, 0.2) is 12.3 Å². The van der Waals surface area contributed by atoms with E-state index in [1.54, 1.807) is 4.68 Å². The summed E-state index contributed by atoms with van der Waals surface area (Å²) in [6.45, 7) is 0.496. The first kappa shape index (κ1) is 11.1. The van der Waals surface area contributed by atoms with Crippen molar-refractivity contribution in [3.05, 3.63) is 28.4 Å². The number of nitrogens with zero attached hydrogens (tertiary/aromatic N) is 5. The highest BCUT2D eigenvalue weighted by molar-refractivity contribution is 6.32. The summed E-state index contributed by atoms with van der Waals surface area (Å²) in [4.78, 5) is 3.91. The molecule has 0 saturated heterocycles. The Morgan fingerprint density at radius 1 is 1.38 bits per heavy atom. The van der Waals surface area contributed by atoms with Gasteiger partial charge in [0.25, 0.3) is 0 Å². The second-order valence-corrected chi connectivity index (χ2v) is 3.75. The quantitative estimate of drug-likeness (QED) is 0.905. The molecule has 0 saturated carbocycles. The van der Waals surface area contributed by atoms with Crippen LogP contribution >= 0.6 is 23.2 Å². The van der Waals surface area contributed by atoms with Gasteiger partial charge in [0.05, 0.1) is 12.2 Å². The predicted molar refractivity (Wildman–Crippen MR) is 60.4 cm³/mol. The van der Waals surface area contributed by atoms with E-state index in [9.17, 15) is 0 Å². The van der Waals surface area contributed by atoms with Gasteiger partial charge in [-0.05, 0) is 17.7 Å². The average Bonchev–Trinajstić information content (AvgIpc) is 2.66. The molecule has 84 valence electrons. The van der Waals surface area contributed by atoms with Crippen LogP contribution in [-0.2, 0) is 13.6 Å². The molecule has 0 aliphatic rings. The summed E-state index contributed by atoms with van der Waals surface area (Å²) in [5.41, 5.74) is 0.869. The van der Waals surface area contributed by atoms with Crippen LogP contribution in [0.2, 0.25) is 10.4 Å². The number of rotatable bonds is 3. The summed E-state index contributed by atoms with van der Waals surface area (Å²) in [6.07, 6.45) is 1.85. The lowest BCUT2D eigenvalue weighted by Gasteiger charge is -2.03. The summed E-state index contributed by atoms with van der Waals surface area (Å²) >= 11 is 11.4. The van der Waals surface area contributed by atoms with E-state index in [1.807, 2.05) is 19.3 Å². The molecule has 2 rings (SSSR count). The molecule has 0 aliphatic carbocycles. The molecule has 6 nitrogen and oxygen atoms in total. The fraction of sp³-hybridized carbons (Fsp3) is 0.250. The fourth-order valence-electron chi connectivity index (χ4n) is 1.14. The Bertz CT molecular complexity index is 497. The summed E-state index contributed by atoms with van der Waals surface area (Å²) in [7, 11) is 1.85. The zero-order chi connectivity index (χ0) is 11.5. The Morgan fingerprint density at radius 3 is 2.88 bits per heavy atom. The molecule has 0 radical (unpaired) electrons. The van der Waals surface area contributed by atoms with Gasteiger partial charge in [-0.1, -0.05) is 11.6 Å². The van der Waals surface area contributed by atoms with Crippen LogP contribution in [0.25, 0.3) is 0 Å². The molecule has 0 aromatic carbocycles. The molecule has 0 aliphatic heterocycles. The number of hydrogen-bond acceptors (Lipinski definition) is 5.